The predicted molar refractivity (Wildman–Crippen MR) is 127 cm³/mol. The number of nitrogens with one attached hydrogen (secondary N) is 2. The topological polar surface area (TPSA) is 189 Å². The first-order valence-corrected chi connectivity index (χ1v) is 11.8. The van der Waals surface area contributed by atoms with E-state index in [9.17, 15) is 33.6 Å². The van der Waals surface area contributed by atoms with Crippen LogP contribution in [0.2, 0.25) is 0 Å². The maximum absolute atomic E-state index is 13.5. The number of aldehydes is 1. The number of carbonyl (C=O) groups is 7. The highest BCUT2D eigenvalue weighted by molar-refractivity contribution is 6.44. The molecule has 2 heterocycles. The van der Waals surface area contributed by atoms with Gasteiger partial charge >= 0.3 is 5.97 Å². The van der Waals surface area contributed by atoms with E-state index in [0.717, 1.165) is 10.0 Å². The van der Waals surface area contributed by atoms with Gasteiger partial charge in [0.05, 0.1) is 26.7 Å². The average Bonchev–Trinajstić information content (AvgIpc) is 3.03. The third-order valence-electron chi connectivity index (χ3n) is 6.22. The van der Waals surface area contributed by atoms with Crippen molar-refractivity contribution in [3.8, 4) is 11.5 Å². The van der Waals surface area contributed by atoms with Crippen LogP contribution in [-0.4, -0.2) is 95.7 Å². The number of hydrogen-bond acceptors (Lipinski definition) is 9. The molecule has 2 aliphatic heterocycles. The molecule has 0 spiro atoms. The summed E-state index contributed by atoms with van der Waals surface area (Å²) in [7, 11) is 2.62. The molecule has 2 saturated heterocycles. The van der Waals surface area contributed by atoms with Gasteiger partial charge < -0.3 is 30.0 Å². The number of Topliss-reactive ketones (excluding diaryl/α,β-unsaturated/α-hetero) is 1. The minimum Gasteiger partial charge on any atom is -0.496 e. The van der Waals surface area contributed by atoms with E-state index in [2.05, 4.69) is 10.6 Å². The van der Waals surface area contributed by atoms with Gasteiger partial charge in [-0.3, -0.25) is 33.8 Å². The molecule has 204 valence electrons. The van der Waals surface area contributed by atoms with Gasteiger partial charge in [-0.2, -0.15) is 0 Å². The van der Waals surface area contributed by atoms with E-state index in [1.165, 1.54) is 26.4 Å². The Morgan fingerprint density at radius 3 is 2.37 bits per heavy atom. The Morgan fingerprint density at radius 2 is 1.79 bits per heavy atom. The molecular formula is C24H28N4O10. The normalized spacial score (nSPS) is 19.9. The Bertz CT molecular complexity index is 1130. The number of hydrazine groups is 1. The summed E-state index contributed by atoms with van der Waals surface area (Å²) >= 11 is 0. The third-order valence-corrected chi connectivity index (χ3v) is 6.22. The molecule has 14 nitrogen and oxygen atoms in total. The molecule has 2 fully saturated rings. The van der Waals surface area contributed by atoms with Crippen LogP contribution in [0.5, 0.6) is 11.5 Å². The third kappa shape index (κ3) is 5.90. The largest absolute Gasteiger partial charge is 0.496 e. The first kappa shape index (κ1) is 28.1. The van der Waals surface area contributed by atoms with Gasteiger partial charge in [0.2, 0.25) is 11.8 Å². The second-order valence-electron chi connectivity index (χ2n) is 8.64. The van der Waals surface area contributed by atoms with Crippen LogP contribution < -0.4 is 20.1 Å². The Morgan fingerprint density at radius 1 is 1.13 bits per heavy atom. The number of methoxy groups -OCH3 is 2. The molecule has 38 heavy (non-hydrogen) atoms. The lowest BCUT2D eigenvalue weighted by Gasteiger charge is -2.43. The van der Waals surface area contributed by atoms with Crippen molar-refractivity contribution in [3.05, 3.63) is 23.8 Å². The van der Waals surface area contributed by atoms with Crippen LogP contribution in [0.3, 0.4) is 0 Å². The molecule has 0 radical (unpaired) electrons. The minimum atomic E-state index is -1.34. The molecule has 0 aliphatic carbocycles. The van der Waals surface area contributed by atoms with E-state index in [1.54, 1.807) is 6.07 Å². The molecule has 3 N–H and O–H groups in total. The van der Waals surface area contributed by atoms with E-state index in [0.29, 0.717) is 6.42 Å². The quantitative estimate of drug-likeness (QED) is 0.193. The number of ketones is 1. The number of fused-ring (bicyclic) bond motifs is 1. The van der Waals surface area contributed by atoms with Gasteiger partial charge in [-0.25, -0.2) is 5.01 Å². The van der Waals surface area contributed by atoms with E-state index in [1.807, 2.05) is 0 Å². The number of aliphatic carboxylic acids is 1. The highest BCUT2D eigenvalue weighted by atomic mass is 16.5. The first-order chi connectivity index (χ1) is 18.1. The summed E-state index contributed by atoms with van der Waals surface area (Å²) in [5, 5.41) is 15.6. The second-order valence-corrected chi connectivity index (χ2v) is 8.64. The Balaban J connectivity index is 1.84. The van der Waals surface area contributed by atoms with Gasteiger partial charge in [-0.05, 0) is 31.4 Å². The molecule has 1 unspecified atom stereocenters. The van der Waals surface area contributed by atoms with Crippen molar-refractivity contribution in [3.63, 3.8) is 0 Å². The lowest BCUT2D eigenvalue weighted by molar-refractivity contribution is -0.176. The number of carboxylic acid groups (broad SMARTS) is 1. The van der Waals surface area contributed by atoms with Gasteiger partial charge in [0, 0.05) is 13.0 Å². The van der Waals surface area contributed by atoms with E-state index in [-0.39, 0.29) is 49.2 Å². The number of carboxylic acids is 1. The monoisotopic (exact) mass is 532 g/mol. The zero-order valence-corrected chi connectivity index (χ0v) is 20.8. The lowest BCUT2D eigenvalue weighted by atomic mass is 10.0. The number of amides is 4. The number of ether oxygens (including phenoxy) is 2. The number of carbonyl (C=O) groups excluding carboxylic acids is 6. The van der Waals surface area contributed by atoms with Crippen molar-refractivity contribution in [2.24, 2.45) is 0 Å². The average molecular weight is 533 g/mol. The second kappa shape index (κ2) is 12.2. The fourth-order valence-electron chi connectivity index (χ4n) is 4.42. The molecule has 1 aromatic rings. The summed E-state index contributed by atoms with van der Waals surface area (Å²) in [5.74, 6) is -5.42. The maximum atomic E-state index is 13.5. The van der Waals surface area contributed by atoms with Crippen LogP contribution in [0.4, 0.5) is 0 Å². The number of nitrogens with zero attached hydrogens (tertiary/aromatic N) is 2. The molecular weight excluding hydrogens is 504 g/mol. The molecule has 14 heteroatoms. The molecule has 1 aromatic carbocycles. The molecule has 3 rings (SSSR count). The van der Waals surface area contributed by atoms with Crippen LogP contribution in [0, 0.1) is 0 Å². The molecule has 2 aliphatic rings. The number of hydrogen-bond donors (Lipinski definition) is 3. The predicted octanol–water partition coefficient (Wildman–Crippen LogP) is -0.942. The Hall–Kier alpha value is -4.49. The number of benzene rings is 1. The summed E-state index contributed by atoms with van der Waals surface area (Å²) in [4.78, 5) is 87.4. The minimum absolute atomic E-state index is 0.0805. The zero-order chi connectivity index (χ0) is 28.0. The smallest absolute Gasteiger partial charge is 0.305 e. The summed E-state index contributed by atoms with van der Waals surface area (Å²) < 4.78 is 10.3. The van der Waals surface area contributed by atoms with Crippen molar-refractivity contribution >= 4 is 41.7 Å². The molecule has 0 saturated carbocycles. The van der Waals surface area contributed by atoms with Crippen LogP contribution in [0.15, 0.2) is 18.2 Å². The Kier molecular flexibility index (Phi) is 8.99. The van der Waals surface area contributed by atoms with Crippen LogP contribution in [0.1, 0.15) is 42.5 Å². The summed E-state index contributed by atoms with van der Waals surface area (Å²) in [5.41, 5.74) is -0.151. The zero-order valence-electron chi connectivity index (χ0n) is 20.8. The van der Waals surface area contributed by atoms with Crippen LogP contribution in [0.25, 0.3) is 0 Å². The molecule has 0 aromatic heterocycles. The Labute approximate surface area is 217 Å². The van der Waals surface area contributed by atoms with Crippen LogP contribution in [-0.2, 0) is 28.8 Å². The summed E-state index contributed by atoms with van der Waals surface area (Å²) in [6.07, 6.45) is -0.186. The molecule has 0 bridgehead atoms. The summed E-state index contributed by atoms with van der Waals surface area (Å²) in [6, 6.07) is 0.592. The summed E-state index contributed by atoms with van der Waals surface area (Å²) in [6.45, 7) is 0.137. The highest BCUT2D eigenvalue weighted by Gasteiger charge is 2.45. The van der Waals surface area contributed by atoms with Crippen molar-refractivity contribution < 1.29 is 48.1 Å². The number of rotatable bonds is 10. The molecule has 4 amide bonds. The van der Waals surface area contributed by atoms with Crippen molar-refractivity contribution in [2.75, 3.05) is 20.8 Å². The van der Waals surface area contributed by atoms with Crippen molar-refractivity contribution in [1.82, 2.24) is 20.7 Å². The van der Waals surface area contributed by atoms with E-state index >= 15 is 0 Å². The van der Waals surface area contributed by atoms with Gasteiger partial charge in [0.15, 0.2) is 0 Å². The van der Waals surface area contributed by atoms with Gasteiger partial charge in [0.1, 0.15) is 35.4 Å². The fraction of sp³-hybridized carbons (Fsp3) is 0.458. The van der Waals surface area contributed by atoms with E-state index in [4.69, 9.17) is 14.6 Å². The van der Waals surface area contributed by atoms with Gasteiger partial charge in [0.25, 0.3) is 17.6 Å². The molecule has 3 atom stereocenters. The maximum Gasteiger partial charge on any atom is 0.305 e. The standard InChI is InChI=1S/C24H28N4O10/c1-37-16-6-3-7-17(38-2)20(16)21(33)23(35)26-14-8-9-18(30)27-10-4-5-15(28(27)24(14)36)22(34)25-13(12-29)11-19(31)32/h3,6-7,12-15H,4-5,8-11H2,1-2H3,(H,25,34)(H,26,35)(H,31,32)/t13-,14?,15-/m0/s1. The fourth-order valence-corrected chi connectivity index (χ4v) is 4.42. The highest BCUT2D eigenvalue weighted by Crippen LogP contribution is 2.29. The SMILES string of the molecule is COc1cccc(OC)c1C(=O)C(=O)NC1CCC(=O)N2CCC[C@@H](C(=O)N[C@H](C=O)CC(=O)O)N2C1=O. The van der Waals surface area contributed by atoms with Crippen LogP contribution >= 0.6 is 0 Å². The van der Waals surface area contributed by atoms with Gasteiger partial charge in [-0.15, -0.1) is 0 Å². The van der Waals surface area contributed by atoms with Crippen molar-refractivity contribution in [2.45, 2.75) is 50.2 Å². The first-order valence-electron chi connectivity index (χ1n) is 11.8. The van der Waals surface area contributed by atoms with E-state index < -0.39 is 59.9 Å². The lowest BCUT2D eigenvalue weighted by Crippen LogP contribution is -2.64. The van der Waals surface area contributed by atoms with Crippen molar-refractivity contribution in [1.29, 1.82) is 0 Å². The van der Waals surface area contributed by atoms with Gasteiger partial charge in [-0.1, -0.05) is 6.07 Å².